The third kappa shape index (κ3) is 1.90. The Morgan fingerprint density at radius 3 is 2.61 bits per heavy atom. The molecule has 2 unspecified atom stereocenters. The molecule has 8 heteroatoms. The van der Waals surface area contributed by atoms with Gasteiger partial charge in [0.25, 0.3) is 10.0 Å². The Kier molecular flexibility index (Phi) is 2.91. The number of nitrogen functional groups attached to an aromatic ring is 1. The quantitative estimate of drug-likeness (QED) is 0.684. The molecule has 2 atom stereocenters. The van der Waals surface area contributed by atoms with Crippen LogP contribution in [0.4, 0.5) is 5.82 Å². The highest BCUT2D eigenvalue weighted by Crippen LogP contribution is 2.41. The van der Waals surface area contributed by atoms with Crippen molar-refractivity contribution in [2.75, 3.05) is 5.73 Å². The van der Waals surface area contributed by atoms with Gasteiger partial charge in [-0.3, -0.25) is 0 Å². The van der Waals surface area contributed by atoms with E-state index in [1.165, 1.54) is 10.9 Å². The molecule has 7 nitrogen and oxygen atoms in total. The van der Waals surface area contributed by atoms with Crippen LogP contribution in [0.25, 0.3) is 0 Å². The van der Waals surface area contributed by atoms with Crippen molar-refractivity contribution in [2.45, 2.75) is 37.4 Å². The van der Waals surface area contributed by atoms with Gasteiger partial charge in [-0.05, 0) is 6.42 Å². The normalized spacial score (nSPS) is 26.9. The minimum absolute atomic E-state index is 0.0253. The number of nitrogens with one attached hydrogen (secondary N) is 1. The smallest absolute Gasteiger partial charge is 0.260 e. The molecule has 0 saturated heterocycles. The van der Waals surface area contributed by atoms with E-state index in [0.717, 1.165) is 0 Å². The van der Waals surface area contributed by atoms with Gasteiger partial charge in [-0.1, -0.05) is 13.8 Å². The summed E-state index contributed by atoms with van der Waals surface area (Å²) in [6.45, 7) is 3.64. The first-order valence-corrected chi connectivity index (χ1v) is 7.11. The number of aryl methyl sites for hydroxylation is 1. The lowest BCUT2D eigenvalue weighted by molar-refractivity contribution is -0.0645. The molecule has 0 aromatic carbocycles. The first kappa shape index (κ1) is 13.3. The Balaban J connectivity index is 2.25. The number of aromatic nitrogens is 2. The predicted octanol–water partition coefficient (Wildman–Crippen LogP) is -0.560. The second-order valence-corrected chi connectivity index (χ2v) is 6.92. The van der Waals surface area contributed by atoms with Crippen LogP contribution in [0.15, 0.2) is 11.4 Å². The molecule has 1 aromatic heterocycles. The molecule has 0 radical (unpaired) electrons. The molecule has 102 valence electrons. The maximum Gasteiger partial charge on any atom is 0.260 e. The lowest BCUT2D eigenvalue weighted by Crippen LogP contribution is -2.61. The number of hydrogen-bond donors (Lipinski definition) is 3. The Hall–Kier alpha value is -1.12. The van der Waals surface area contributed by atoms with Gasteiger partial charge in [0.1, 0.15) is 0 Å². The molecule has 2 rings (SSSR count). The zero-order valence-corrected chi connectivity index (χ0v) is 11.4. The molecule has 0 aliphatic heterocycles. The van der Waals surface area contributed by atoms with Crippen molar-refractivity contribution < 1.29 is 13.5 Å². The van der Waals surface area contributed by atoms with Gasteiger partial charge in [0.15, 0.2) is 10.8 Å². The average molecular weight is 274 g/mol. The number of anilines is 1. The van der Waals surface area contributed by atoms with Crippen molar-refractivity contribution in [2.24, 2.45) is 12.5 Å². The average Bonchev–Trinajstić information content (AvgIpc) is 2.58. The fraction of sp³-hybridized carbons (Fsp3) is 0.700. The van der Waals surface area contributed by atoms with Crippen LogP contribution in [0.1, 0.15) is 20.3 Å². The van der Waals surface area contributed by atoms with Gasteiger partial charge in [-0.15, -0.1) is 0 Å². The Morgan fingerprint density at radius 1 is 1.61 bits per heavy atom. The first-order chi connectivity index (χ1) is 8.16. The van der Waals surface area contributed by atoms with Crippen LogP contribution in [-0.4, -0.2) is 35.2 Å². The largest absolute Gasteiger partial charge is 0.392 e. The lowest BCUT2D eigenvalue weighted by atomic mass is 9.65. The maximum absolute atomic E-state index is 12.2. The van der Waals surface area contributed by atoms with E-state index < -0.39 is 21.5 Å². The number of imidazole rings is 1. The van der Waals surface area contributed by atoms with Crippen LogP contribution in [0, 0.1) is 5.41 Å². The van der Waals surface area contributed by atoms with E-state index in [0.29, 0.717) is 6.42 Å². The molecule has 4 N–H and O–H groups in total. The molecule has 1 aromatic rings. The fourth-order valence-corrected chi connectivity index (χ4v) is 3.75. The summed E-state index contributed by atoms with van der Waals surface area (Å²) in [6.07, 6.45) is 1.27. The second kappa shape index (κ2) is 3.94. The topological polar surface area (TPSA) is 110 Å². The van der Waals surface area contributed by atoms with E-state index in [2.05, 4.69) is 9.71 Å². The number of sulfonamides is 1. The second-order valence-electron chi connectivity index (χ2n) is 5.29. The van der Waals surface area contributed by atoms with Gasteiger partial charge >= 0.3 is 0 Å². The summed E-state index contributed by atoms with van der Waals surface area (Å²) < 4.78 is 28.3. The van der Waals surface area contributed by atoms with Crippen molar-refractivity contribution >= 4 is 15.8 Å². The third-order valence-corrected chi connectivity index (χ3v) is 5.28. The van der Waals surface area contributed by atoms with Crippen molar-refractivity contribution in [1.82, 2.24) is 14.3 Å². The summed E-state index contributed by atoms with van der Waals surface area (Å²) in [5.74, 6) is -0.0253. The lowest BCUT2D eigenvalue weighted by Gasteiger charge is -2.49. The highest BCUT2D eigenvalue weighted by molar-refractivity contribution is 7.89. The number of aliphatic hydroxyl groups is 1. The molecule has 18 heavy (non-hydrogen) atoms. The van der Waals surface area contributed by atoms with Crippen molar-refractivity contribution in [3.05, 3.63) is 6.33 Å². The van der Waals surface area contributed by atoms with Crippen molar-refractivity contribution in [3.63, 3.8) is 0 Å². The standard InChI is InChI=1S/C10H18N4O3S/c1-10(2)6(4-7(10)15)13-18(16,17)9-8(11)12-5-14(9)3/h5-7,13,15H,4,11H2,1-3H3. The van der Waals surface area contributed by atoms with Crippen LogP contribution in [0.5, 0.6) is 0 Å². The first-order valence-electron chi connectivity index (χ1n) is 5.63. The minimum atomic E-state index is -3.72. The molecular formula is C10H18N4O3S. The summed E-state index contributed by atoms with van der Waals surface area (Å²) in [5, 5.41) is 9.56. The van der Waals surface area contributed by atoms with Gasteiger partial charge < -0.3 is 15.4 Å². The number of rotatable bonds is 3. The van der Waals surface area contributed by atoms with Crippen molar-refractivity contribution in [1.29, 1.82) is 0 Å². The van der Waals surface area contributed by atoms with E-state index >= 15 is 0 Å². The summed E-state index contributed by atoms with van der Waals surface area (Å²) in [6, 6.07) is -0.299. The van der Waals surface area contributed by atoms with Crippen LogP contribution in [0.2, 0.25) is 0 Å². The third-order valence-electron chi connectivity index (χ3n) is 3.68. The fourth-order valence-electron chi connectivity index (χ4n) is 2.11. The van der Waals surface area contributed by atoms with Crippen LogP contribution < -0.4 is 10.5 Å². The maximum atomic E-state index is 12.2. The van der Waals surface area contributed by atoms with Crippen LogP contribution in [0.3, 0.4) is 0 Å². The molecule has 0 amide bonds. The van der Waals surface area contributed by atoms with Gasteiger partial charge in [0, 0.05) is 18.5 Å². The van der Waals surface area contributed by atoms with E-state index in [4.69, 9.17) is 5.73 Å². The predicted molar refractivity (Wildman–Crippen MR) is 66.1 cm³/mol. The van der Waals surface area contributed by atoms with Gasteiger partial charge in [-0.2, -0.15) is 0 Å². The van der Waals surface area contributed by atoms with E-state index in [9.17, 15) is 13.5 Å². The van der Waals surface area contributed by atoms with E-state index in [1.807, 2.05) is 13.8 Å². The minimum Gasteiger partial charge on any atom is -0.392 e. The van der Waals surface area contributed by atoms with Gasteiger partial charge in [0.2, 0.25) is 0 Å². The number of nitrogens with two attached hydrogens (primary N) is 1. The van der Waals surface area contributed by atoms with Gasteiger partial charge in [-0.25, -0.2) is 18.1 Å². The van der Waals surface area contributed by atoms with Gasteiger partial charge in [0.05, 0.1) is 12.4 Å². The van der Waals surface area contributed by atoms with Crippen LogP contribution in [-0.2, 0) is 17.1 Å². The highest BCUT2D eigenvalue weighted by atomic mass is 32.2. The zero-order chi connectivity index (χ0) is 13.7. The Morgan fingerprint density at radius 2 is 2.22 bits per heavy atom. The molecular weight excluding hydrogens is 256 g/mol. The molecule has 1 aliphatic carbocycles. The summed E-state index contributed by atoms with van der Waals surface area (Å²) in [4.78, 5) is 3.76. The molecule has 1 heterocycles. The molecule has 1 fully saturated rings. The molecule has 0 spiro atoms. The Bertz CT molecular complexity index is 544. The SMILES string of the molecule is Cn1cnc(N)c1S(=O)(=O)NC1CC(O)C1(C)C. The molecule has 1 aliphatic rings. The zero-order valence-electron chi connectivity index (χ0n) is 10.6. The summed E-state index contributed by atoms with van der Waals surface area (Å²) in [5.41, 5.74) is 5.09. The van der Waals surface area contributed by atoms with Crippen molar-refractivity contribution in [3.8, 4) is 0 Å². The monoisotopic (exact) mass is 274 g/mol. The number of nitrogens with zero attached hydrogens (tertiary/aromatic N) is 2. The van der Waals surface area contributed by atoms with E-state index in [1.54, 1.807) is 7.05 Å². The summed E-state index contributed by atoms with van der Waals surface area (Å²) >= 11 is 0. The Labute approximate surface area is 106 Å². The van der Waals surface area contributed by atoms with Crippen LogP contribution >= 0.6 is 0 Å². The number of hydrogen-bond acceptors (Lipinski definition) is 5. The molecule has 1 saturated carbocycles. The number of aliphatic hydroxyl groups excluding tert-OH is 1. The molecule has 0 bridgehead atoms. The van der Waals surface area contributed by atoms with E-state index in [-0.39, 0.29) is 16.9 Å². The highest BCUT2D eigenvalue weighted by Gasteiger charge is 2.49. The summed E-state index contributed by atoms with van der Waals surface area (Å²) in [7, 11) is -2.15.